The van der Waals surface area contributed by atoms with Gasteiger partial charge in [0.25, 0.3) is 5.95 Å². The lowest BCUT2D eigenvalue weighted by atomic mass is 10.00. The Morgan fingerprint density at radius 2 is 1.74 bits per heavy atom. The standard InChI is InChI=1S/C27H26N6O2/c1-3-35-23-15-13-22(14-16-23)28-26(34)18-32-24(21-11-9-19(2)10-12-21)17-25(20-7-5-4-6-8-20)33-27(32)29-30-31-33/h4-17,25H,3,18H2,1-2H3,(H,28,34)/t25-/m0/s1. The average molecular weight is 467 g/mol. The van der Waals surface area contributed by atoms with Crippen LogP contribution in [0.4, 0.5) is 11.6 Å². The first-order valence-corrected chi connectivity index (χ1v) is 11.5. The maximum Gasteiger partial charge on any atom is 0.251 e. The third-order valence-corrected chi connectivity index (χ3v) is 5.83. The molecule has 0 saturated heterocycles. The van der Waals surface area contributed by atoms with Crippen molar-refractivity contribution >= 4 is 23.2 Å². The maximum absolute atomic E-state index is 13.1. The molecule has 0 unspecified atom stereocenters. The third kappa shape index (κ3) is 4.77. The molecule has 35 heavy (non-hydrogen) atoms. The second kappa shape index (κ2) is 9.80. The van der Waals surface area contributed by atoms with Crippen molar-refractivity contribution in [3.63, 3.8) is 0 Å². The number of anilines is 2. The number of nitrogens with zero attached hydrogens (tertiary/aromatic N) is 5. The van der Waals surface area contributed by atoms with Crippen LogP contribution in [0.25, 0.3) is 5.70 Å². The lowest BCUT2D eigenvalue weighted by molar-refractivity contribution is -0.114. The number of aromatic nitrogens is 4. The van der Waals surface area contributed by atoms with Gasteiger partial charge in [-0.2, -0.15) is 4.68 Å². The van der Waals surface area contributed by atoms with E-state index in [-0.39, 0.29) is 18.5 Å². The minimum atomic E-state index is -0.192. The molecule has 176 valence electrons. The quantitative estimate of drug-likeness (QED) is 0.433. The van der Waals surface area contributed by atoms with Crippen molar-refractivity contribution in [3.05, 3.63) is 102 Å². The summed E-state index contributed by atoms with van der Waals surface area (Å²) < 4.78 is 7.23. The van der Waals surface area contributed by atoms with Gasteiger partial charge in [-0.25, -0.2) is 0 Å². The number of aryl methyl sites for hydroxylation is 1. The smallest absolute Gasteiger partial charge is 0.251 e. The highest BCUT2D eigenvalue weighted by atomic mass is 16.5. The van der Waals surface area contributed by atoms with E-state index in [9.17, 15) is 4.79 Å². The molecule has 0 saturated carbocycles. The number of benzene rings is 3. The van der Waals surface area contributed by atoms with E-state index < -0.39 is 0 Å². The first-order valence-electron chi connectivity index (χ1n) is 11.5. The highest BCUT2D eigenvalue weighted by molar-refractivity contribution is 5.97. The molecule has 8 heteroatoms. The monoisotopic (exact) mass is 466 g/mol. The average Bonchev–Trinajstić information content (AvgIpc) is 3.37. The number of allylic oxidation sites excluding steroid dienone is 1. The van der Waals surface area contributed by atoms with Gasteiger partial charge in [-0.05, 0) is 65.7 Å². The van der Waals surface area contributed by atoms with E-state index in [1.807, 2.05) is 73.3 Å². The molecule has 0 spiro atoms. The summed E-state index contributed by atoms with van der Waals surface area (Å²) in [5, 5.41) is 15.4. The second-order valence-corrected chi connectivity index (χ2v) is 8.29. The topological polar surface area (TPSA) is 85.2 Å². The molecule has 1 aliphatic rings. The van der Waals surface area contributed by atoms with Gasteiger partial charge in [0.1, 0.15) is 18.3 Å². The van der Waals surface area contributed by atoms with E-state index in [1.165, 1.54) is 0 Å². The predicted octanol–water partition coefficient (Wildman–Crippen LogP) is 4.47. The Kier molecular flexibility index (Phi) is 6.26. The fourth-order valence-corrected chi connectivity index (χ4v) is 4.13. The Morgan fingerprint density at radius 3 is 2.46 bits per heavy atom. The maximum atomic E-state index is 13.1. The number of carbonyl (C=O) groups is 1. The first kappa shape index (κ1) is 22.3. The minimum Gasteiger partial charge on any atom is -0.494 e. The van der Waals surface area contributed by atoms with Gasteiger partial charge < -0.3 is 10.1 Å². The van der Waals surface area contributed by atoms with Gasteiger partial charge in [0.05, 0.1) is 12.3 Å². The number of ether oxygens (including phenoxy) is 1. The highest BCUT2D eigenvalue weighted by Crippen LogP contribution is 2.36. The van der Waals surface area contributed by atoms with Crippen LogP contribution in [0.5, 0.6) is 5.75 Å². The van der Waals surface area contributed by atoms with Crippen LogP contribution < -0.4 is 15.0 Å². The number of fused-ring (bicyclic) bond motifs is 1. The zero-order valence-corrected chi connectivity index (χ0v) is 19.6. The first-order chi connectivity index (χ1) is 17.1. The fourth-order valence-electron chi connectivity index (χ4n) is 4.13. The van der Waals surface area contributed by atoms with Crippen LogP contribution in [0, 0.1) is 6.92 Å². The summed E-state index contributed by atoms with van der Waals surface area (Å²) in [5.74, 6) is 1.09. The highest BCUT2D eigenvalue weighted by Gasteiger charge is 2.31. The Bertz CT molecular complexity index is 1330. The largest absolute Gasteiger partial charge is 0.494 e. The molecule has 0 bridgehead atoms. The molecule has 1 atom stereocenters. The van der Waals surface area contributed by atoms with E-state index in [2.05, 4.69) is 51.2 Å². The van der Waals surface area contributed by atoms with Crippen molar-refractivity contribution in [2.45, 2.75) is 19.9 Å². The number of amides is 1. The van der Waals surface area contributed by atoms with E-state index in [1.54, 1.807) is 4.68 Å². The van der Waals surface area contributed by atoms with Crippen LogP contribution in [0.15, 0.2) is 84.9 Å². The Balaban J connectivity index is 1.47. The minimum absolute atomic E-state index is 0.0504. The molecule has 8 nitrogen and oxygen atoms in total. The van der Waals surface area contributed by atoms with Crippen LogP contribution in [-0.4, -0.2) is 39.3 Å². The molecule has 4 aromatic rings. The van der Waals surface area contributed by atoms with Gasteiger partial charge in [0.2, 0.25) is 5.91 Å². The number of hydrogen-bond acceptors (Lipinski definition) is 6. The van der Waals surface area contributed by atoms with Gasteiger partial charge in [0.15, 0.2) is 0 Å². The van der Waals surface area contributed by atoms with Gasteiger partial charge in [-0.15, -0.1) is 0 Å². The number of nitrogens with one attached hydrogen (secondary N) is 1. The van der Waals surface area contributed by atoms with Crippen LogP contribution >= 0.6 is 0 Å². The molecule has 0 aliphatic carbocycles. The van der Waals surface area contributed by atoms with Crippen LogP contribution in [0.1, 0.15) is 29.7 Å². The van der Waals surface area contributed by atoms with Gasteiger partial charge in [-0.3, -0.25) is 9.69 Å². The molecule has 0 radical (unpaired) electrons. The Labute approximate surface area is 203 Å². The van der Waals surface area contributed by atoms with E-state index in [4.69, 9.17) is 4.74 Å². The summed E-state index contributed by atoms with van der Waals surface area (Å²) >= 11 is 0. The van der Waals surface area contributed by atoms with Crippen molar-refractivity contribution in [1.82, 2.24) is 20.2 Å². The predicted molar refractivity (Wildman–Crippen MR) is 135 cm³/mol. The third-order valence-electron chi connectivity index (χ3n) is 5.83. The second-order valence-electron chi connectivity index (χ2n) is 8.29. The lowest BCUT2D eigenvalue weighted by Gasteiger charge is -2.32. The van der Waals surface area contributed by atoms with Gasteiger partial charge >= 0.3 is 0 Å². The molecule has 1 amide bonds. The summed E-state index contributed by atoms with van der Waals surface area (Å²) in [6.07, 6.45) is 2.10. The van der Waals surface area contributed by atoms with Crippen LogP contribution in [-0.2, 0) is 4.79 Å². The molecule has 5 rings (SSSR count). The zero-order valence-electron chi connectivity index (χ0n) is 19.6. The van der Waals surface area contributed by atoms with E-state index in [0.29, 0.717) is 18.2 Å². The lowest BCUT2D eigenvalue weighted by Crippen LogP contribution is -2.37. The van der Waals surface area contributed by atoms with E-state index in [0.717, 1.165) is 28.1 Å². The van der Waals surface area contributed by atoms with Crippen molar-refractivity contribution in [3.8, 4) is 5.75 Å². The fraction of sp³-hybridized carbons (Fsp3) is 0.185. The van der Waals surface area contributed by atoms with Gasteiger partial charge in [0, 0.05) is 5.69 Å². The van der Waals surface area contributed by atoms with Crippen molar-refractivity contribution in [2.75, 3.05) is 23.4 Å². The molecule has 1 aliphatic heterocycles. The molecule has 0 fully saturated rings. The van der Waals surface area contributed by atoms with E-state index >= 15 is 0 Å². The van der Waals surface area contributed by atoms with Crippen molar-refractivity contribution in [2.24, 2.45) is 0 Å². The van der Waals surface area contributed by atoms with Crippen LogP contribution in [0.3, 0.4) is 0 Å². The molecule has 1 aromatic heterocycles. The molecule has 1 N–H and O–H groups in total. The Morgan fingerprint density at radius 1 is 1.00 bits per heavy atom. The molecular formula is C27H26N6O2. The number of tetrazole rings is 1. The van der Waals surface area contributed by atoms with Gasteiger partial charge in [-0.1, -0.05) is 65.3 Å². The number of carbonyl (C=O) groups excluding carboxylic acids is 1. The van der Waals surface area contributed by atoms with Crippen molar-refractivity contribution < 1.29 is 9.53 Å². The summed E-state index contributed by atoms with van der Waals surface area (Å²) in [6.45, 7) is 4.63. The normalized spacial score (nSPS) is 14.7. The number of rotatable bonds is 7. The zero-order chi connectivity index (χ0) is 24.2. The molecule has 3 aromatic carbocycles. The summed E-state index contributed by atoms with van der Waals surface area (Å²) in [5.41, 5.74) is 4.78. The summed E-state index contributed by atoms with van der Waals surface area (Å²) in [7, 11) is 0. The van der Waals surface area contributed by atoms with Crippen LogP contribution in [0.2, 0.25) is 0 Å². The number of hydrogen-bond donors (Lipinski definition) is 1. The SMILES string of the molecule is CCOc1ccc(NC(=O)CN2C(c3ccc(C)cc3)=C[C@@H](c3ccccc3)n3nnnc32)cc1. The molecule has 2 heterocycles. The summed E-state index contributed by atoms with van der Waals surface area (Å²) in [4.78, 5) is 15.0. The Hall–Kier alpha value is -4.46. The summed E-state index contributed by atoms with van der Waals surface area (Å²) in [6, 6.07) is 25.4. The molecular weight excluding hydrogens is 440 g/mol. The van der Waals surface area contributed by atoms with Crippen molar-refractivity contribution in [1.29, 1.82) is 0 Å².